The zero-order chi connectivity index (χ0) is 20.3. The van der Waals surface area contributed by atoms with Crippen LogP contribution in [0.25, 0.3) is 0 Å². The van der Waals surface area contributed by atoms with Gasteiger partial charge in [-0.25, -0.2) is 4.79 Å². The summed E-state index contributed by atoms with van der Waals surface area (Å²) in [6, 6.07) is 4.93. The van der Waals surface area contributed by atoms with Gasteiger partial charge in [0.1, 0.15) is 6.61 Å². The third kappa shape index (κ3) is 3.75. The maximum atomic E-state index is 12.9. The largest absolute Gasteiger partial charge is 0.504 e. The number of hydrogen-bond donors (Lipinski definition) is 2. The zero-order valence-corrected chi connectivity index (χ0v) is 16.3. The van der Waals surface area contributed by atoms with Gasteiger partial charge >= 0.3 is 5.97 Å². The Morgan fingerprint density at radius 2 is 2.04 bits per heavy atom. The summed E-state index contributed by atoms with van der Waals surface area (Å²) in [5.41, 5.74) is 3.06. The van der Waals surface area contributed by atoms with Crippen molar-refractivity contribution in [2.24, 2.45) is 0 Å². The van der Waals surface area contributed by atoms with Gasteiger partial charge in [0.05, 0.1) is 19.3 Å². The number of Topliss-reactive ketones (excluding diaryl/α,β-unsaturated/α-hetero) is 1. The predicted octanol–water partition coefficient (Wildman–Crippen LogP) is 2.56. The molecule has 7 nitrogen and oxygen atoms in total. The van der Waals surface area contributed by atoms with E-state index in [0.29, 0.717) is 34.6 Å². The Bertz CT molecular complexity index is 854. The van der Waals surface area contributed by atoms with Gasteiger partial charge in [0.2, 0.25) is 0 Å². The van der Waals surface area contributed by atoms with E-state index in [4.69, 9.17) is 14.2 Å². The average Bonchev–Trinajstić information content (AvgIpc) is 2.67. The Morgan fingerprint density at radius 1 is 1.25 bits per heavy atom. The molecular formula is C21H25NO6. The number of nitrogens with one attached hydrogen (secondary N) is 1. The number of carbonyl (C=O) groups excluding carboxylic acids is 2. The van der Waals surface area contributed by atoms with Crippen LogP contribution in [0.2, 0.25) is 0 Å². The molecule has 1 atom stereocenters. The van der Waals surface area contributed by atoms with E-state index >= 15 is 0 Å². The molecule has 1 aromatic carbocycles. The van der Waals surface area contributed by atoms with Crippen molar-refractivity contribution in [1.29, 1.82) is 0 Å². The lowest BCUT2D eigenvalue weighted by molar-refractivity contribution is -0.140. The van der Waals surface area contributed by atoms with E-state index in [1.54, 1.807) is 19.1 Å². The maximum absolute atomic E-state index is 12.9. The molecule has 0 unspecified atom stereocenters. The van der Waals surface area contributed by atoms with Crippen LogP contribution < -0.4 is 10.1 Å². The second-order valence-corrected chi connectivity index (χ2v) is 6.83. The van der Waals surface area contributed by atoms with E-state index in [9.17, 15) is 14.7 Å². The minimum Gasteiger partial charge on any atom is -0.504 e. The Labute approximate surface area is 164 Å². The van der Waals surface area contributed by atoms with Crippen molar-refractivity contribution in [2.75, 3.05) is 27.4 Å². The number of ketones is 1. The van der Waals surface area contributed by atoms with Crippen LogP contribution in [0.15, 0.2) is 40.7 Å². The lowest BCUT2D eigenvalue weighted by Gasteiger charge is -2.34. The summed E-state index contributed by atoms with van der Waals surface area (Å²) in [7, 11) is 2.99. The fourth-order valence-electron chi connectivity index (χ4n) is 3.77. The molecule has 0 amide bonds. The predicted molar refractivity (Wildman–Crippen MR) is 102 cm³/mol. The summed E-state index contributed by atoms with van der Waals surface area (Å²) in [5.74, 6) is -0.826. The van der Waals surface area contributed by atoms with Crippen LogP contribution in [-0.4, -0.2) is 44.3 Å². The van der Waals surface area contributed by atoms with Crippen LogP contribution in [0.3, 0.4) is 0 Å². The molecule has 0 radical (unpaired) electrons. The molecule has 1 heterocycles. The number of esters is 1. The highest BCUT2D eigenvalue weighted by Gasteiger charge is 2.39. The van der Waals surface area contributed by atoms with Gasteiger partial charge in [-0.1, -0.05) is 6.07 Å². The molecule has 0 saturated carbocycles. The number of aromatic hydroxyl groups is 1. The van der Waals surface area contributed by atoms with E-state index in [0.717, 1.165) is 18.5 Å². The molecular weight excluding hydrogens is 362 g/mol. The number of phenolic OH excluding ortho intramolecular Hbond substituents is 1. The maximum Gasteiger partial charge on any atom is 0.336 e. The number of hydrogen-bond acceptors (Lipinski definition) is 7. The first-order chi connectivity index (χ1) is 13.5. The minimum absolute atomic E-state index is 0.00347. The third-order valence-electron chi connectivity index (χ3n) is 5.05. The smallest absolute Gasteiger partial charge is 0.336 e. The normalized spacial score (nSPS) is 19.2. The Balaban J connectivity index is 2.07. The summed E-state index contributed by atoms with van der Waals surface area (Å²) in [4.78, 5) is 25.6. The number of ether oxygens (including phenoxy) is 3. The summed E-state index contributed by atoms with van der Waals surface area (Å²) in [6.45, 7) is 2.20. The van der Waals surface area contributed by atoms with Crippen LogP contribution in [0.1, 0.15) is 37.7 Å². The van der Waals surface area contributed by atoms with Crippen LogP contribution in [0.4, 0.5) is 0 Å². The number of allylic oxidation sites excluding steroid dienone is 3. The first-order valence-electron chi connectivity index (χ1n) is 9.25. The van der Waals surface area contributed by atoms with Gasteiger partial charge in [0, 0.05) is 36.4 Å². The van der Waals surface area contributed by atoms with E-state index in [1.807, 2.05) is 0 Å². The van der Waals surface area contributed by atoms with E-state index < -0.39 is 11.9 Å². The molecule has 1 aliphatic carbocycles. The van der Waals surface area contributed by atoms with Crippen molar-refractivity contribution in [2.45, 2.75) is 32.1 Å². The molecule has 1 aromatic rings. The van der Waals surface area contributed by atoms with Gasteiger partial charge in [-0.15, -0.1) is 0 Å². The highest BCUT2D eigenvalue weighted by Crippen LogP contribution is 2.44. The molecule has 0 bridgehead atoms. The minimum atomic E-state index is -0.601. The Hall–Kier alpha value is -2.80. The number of rotatable bonds is 6. The van der Waals surface area contributed by atoms with Gasteiger partial charge in [-0.3, -0.25) is 4.79 Å². The molecule has 0 spiro atoms. The van der Waals surface area contributed by atoms with E-state index in [1.165, 1.54) is 20.3 Å². The second kappa shape index (κ2) is 8.48. The third-order valence-corrected chi connectivity index (χ3v) is 5.05. The molecule has 0 fully saturated rings. The monoisotopic (exact) mass is 387 g/mol. The van der Waals surface area contributed by atoms with Gasteiger partial charge in [-0.05, 0) is 37.5 Å². The van der Waals surface area contributed by atoms with Gasteiger partial charge in [-0.2, -0.15) is 0 Å². The first-order valence-corrected chi connectivity index (χ1v) is 9.25. The highest BCUT2D eigenvalue weighted by atomic mass is 16.6. The topological polar surface area (TPSA) is 94.1 Å². The lowest BCUT2D eigenvalue weighted by atomic mass is 9.75. The van der Waals surface area contributed by atoms with Crippen molar-refractivity contribution in [3.63, 3.8) is 0 Å². The van der Waals surface area contributed by atoms with Gasteiger partial charge in [0.15, 0.2) is 17.3 Å². The van der Waals surface area contributed by atoms with Crippen molar-refractivity contribution in [3.8, 4) is 11.5 Å². The Kier molecular flexibility index (Phi) is 6.04. The standard InChI is InChI=1S/C21H25NO6/c1-12-18(21(25)28-10-9-26-2)19(13-7-8-17(27-3)16(24)11-13)20-14(22-12)5-4-6-15(20)23/h7-8,11,19,22,24H,4-6,9-10H2,1-3H3/t19-/m1/s1. The van der Waals surface area contributed by atoms with E-state index in [-0.39, 0.29) is 24.7 Å². The van der Waals surface area contributed by atoms with Gasteiger partial charge in [0.25, 0.3) is 0 Å². The number of methoxy groups -OCH3 is 2. The molecule has 1 aliphatic heterocycles. The van der Waals surface area contributed by atoms with Crippen molar-refractivity contribution in [3.05, 3.63) is 46.3 Å². The van der Waals surface area contributed by atoms with Crippen molar-refractivity contribution >= 4 is 11.8 Å². The second-order valence-electron chi connectivity index (χ2n) is 6.83. The number of benzene rings is 1. The summed E-state index contributed by atoms with van der Waals surface area (Å²) in [5, 5.41) is 13.5. The summed E-state index contributed by atoms with van der Waals surface area (Å²) >= 11 is 0. The SMILES string of the molecule is COCCOC(=O)C1=C(C)NC2=C(C(=O)CCC2)[C@@H]1c1ccc(OC)c(O)c1. The highest BCUT2D eigenvalue weighted by molar-refractivity contribution is 6.03. The molecule has 28 heavy (non-hydrogen) atoms. The molecule has 2 aliphatic rings. The quantitative estimate of drug-likeness (QED) is 0.572. The molecule has 7 heteroatoms. The summed E-state index contributed by atoms with van der Waals surface area (Å²) in [6.07, 6.45) is 1.94. The molecule has 0 aromatic heterocycles. The van der Waals surface area contributed by atoms with Crippen LogP contribution in [-0.2, 0) is 19.1 Å². The molecule has 0 saturated heterocycles. The van der Waals surface area contributed by atoms with Crippen LogP contribution >= 0.6 is 0 Å². The Morgan fingerprint density at radius 3 is 2.71 bits per heavy atom. The number of phenols is 1. The van der Waals surface area contributed by atoms with Crippen molar-refractivity contribution < 1.29 is 28.9 Å². The molecule has 3 rings (SSSR count). The van der Waals surface area contributed by atoms with Crippen LogP contribution in [0.5, 0.6) is 11.5 Å². The van der Waals surface area contributed by atoms with Gasteiger partial charge < -0.3 is 24.6 Å². The van der Waals surface area contributed by atoms with Crippen molar-refractivity contribution in [1.82, 2.24) is 5.32 Å². The average molecular weight is 387 g/mol. The summed E-state index contributed by atoms with van der Waals surface area (Å²) < 4.78 is 15.4. The zero-order valence-electron chi connectivity index (χ0n) is 16.3. The van der Waals surface area contributed by atoms with Crippen LogP contribution in [0, 0.1) is 0 Å². The lowest BCUT2D eigenvalue weighted by Crippen LogP contribution is -2.34. The molecule has 2 N–H and O–H groups in total. The molecule has 150 valence electrons. The number of carbonyl (C=O) groups is 2. The first kappa shape index (κ1) is 19.9. The van der Waals surface area contributed by atoms with E-state index in [2.05, 4.69) is 5.32 Å². The fourth-order valence-corrected chi connectivity index (χ4v) is 3.77. The fraction of sp³-hybridized carbons (Fsp3) is 0.429. The number of dihydropyridines is 1.